The van der Waals surface area contributed by atoms with Crippen LogP contribution in [0, 0.1) is 0 Å². The first-order chi connectivity index (χ1) is 9.54. The van der Waals surface area contributed by atoms with Crippen LogP contribution in [0.5, 0.6) is 0 Å². The first-order valence-electron chi connectivity index (χ1n) is 7.23. The zero-order valence-corrected chi connectivity index (χ0v) is 13.2. The number of aryl methyl sites for hydroxylation is 1. The lowest BCUT2D eigenvalue weighted by atomic mass is 9.86. The van der Waals surface area contributed by atoms with Crippen LogP contribution in [-0.4, -0.2) is 14.8 Å². The van der Waals surface area contributed by atoms with Crippen molar-refractivity contribution in [1.29, 1.82) is 0 Å². The van der Waals surface area contributed by atoms with E-state index in [1.807, 2.05) is 35.5 Å². The van der Waals surface area contributed by atoms with Crippen LogP contribution in [0.2, 0.25) is 0 Å². The normalized spacial score (nSPS) is 16.4. The molecule has 0 saturated heterocycles. The molecule has 1 aliphatic rings. The zero-order chi connectivity index (χ0) is 14.2. The molecule has 0 amide bonds. The van der Waals surface area contributed by atoms with E-state index < -0.39 is 0 Å². The maximum atomic E-state index is 4.58. The maximum absolute atomic E-state index is 4.58. The molecule has 1 saturated carbocycles. The van der Waals surface area contributed by atoms with Crippen LogP contribution in [0.3, 0.4) is 0 Å². The van der Waals surface area contributed by atoms with E-state index in [0.29, 0.717) is 0 Å². The molecule has 2 aromatic rings. The third kappa shape index (κ3) is 2.79. The molecule has 0 bridgehead atoms. The molecule has 0 aliphatic heterocycles. The summed E-state index contributed by atoms with van der Waals surface area (Å²) >= 11 is 1.86. The van der Waals surface area contributed by atoms with Crippen molar-refractivity contribution in [2.75, 3.05) is 0 Å². The second-order valence-corrected chi connectivity index (χ2v) is 7.32. The van der Waals surface area contributed by atoms with Crippen molar-refractivity contribution in [2.24, 2.45) is 7.05 Å². The monoisotopic (exact) mass is 290 g/mol. The number of aromatic nitrogens is 3. The topological polar surface area (TPSA) is 42.7 Å². The molecule has 2 aromatic heterocycles. The lowest BCUT2D eigenvalue weighted by molar-refractivity contribution is 0.402. The van der Waals surface area contributed by atoms with Crippen LogP contribution in [0.4, 0.5) is 0 Å². The van der Waals surface area contributed by atoms with Gasteiger partial charge in [0.15, 0.2) is 0 Å². The first-order valence-corrected chi connectivity index (χ1v) is 8.05. The number of hydrogen-bond acceptors (Lipinski definition) is 4. The molecule has 5 heteroatoms. The van der Waals surface area contributed by atoms with Gasteiger partial charge in [0.05, 0.1) is 11.2 Å². The van der Waals surface area contributed by atoms with Crippen LogP contribution in [0.25, 0.3) is 0 Å². The third-order valence-electron chi connectivity index (χ3n) is 4.16. The van der Waals surface area contributed by atoms with Gasteiger partial charge in [0.2, 0.25) is 0 Å². The molecule has 0 aromatic carbocycles. The summed E-state index contributed by atoms with van der Waals surface area (Å²) in [5.74, 6) is 0.736. The molecule has 0 radical (unpaired) electrons. The van der Waals surface area contributed by atoms with E-state index in [1.165, 1.54) is 34.7 Å². The summed E-state index contributed by atoms with van der Waals surface area (Å²) in [7, 11) is 1.95. The van der Waals surface area contributed by atoms with Gasteiger partial charge < -0.3 is 5.32 Å². The molecule has 3 rings (SSSR count). The highest BCUT2D eigenvalue weighted by Gasteiger charge is 2.24. The van der Waals surface area contributed by atoms with Crippen molar-refractivity contribution >= 4 is 11.3 Å². The zero-order valence-electron chi connectivity index (χ0n) is 12.4. The number of nitrogens with zero attached hydrogens (tertiary/aromatic N) is 3. The van der Waals surface area contributed by atoms with Crippen LogP contribution < -0.4 is 5.32 Å². The molecule has 20 heavy (non-hydrogen) atoms. The summed E-state index contributed by atoms with van der Waals surface area (Å²) in [4.78, 5) is 5.90. The van der Waals surface area contributed by atoms with E-state index in [-0.39, 0.29) is 5.54 Å². The van der Waals surface area contributed by atoms with Crippen LogP contribution in [0.1, 0.15) is 54.5 Å². The Bertz CT molecular complexity index is 580. The van der Waals surface area contributed by atoms with Gasteiger partial charge in [-0.1, -0.05) is 6.42 Å². The summed E-state index contributed by atoms with van der Waals surface area (Å²) in [6.07, 6.45) is 10.0. The maximum Gasteiger partial charge on any atom is 0.0959 e. The SMILES string of the molecule is Cn1cc(C(C)(C)NCc2cnc(C3CCC3)s2)cn1. The Labute approximate surface area is 124 Å². The first kappa shape index (κ1) is 13.8. The fraction of sp³-hybridized carbons (Fsp3) is 0.600. The molecule has 0 spiro atoms. The summed E-state index contributed by atoms with van der Waals surface area (Å²) in [5.41, 5.74) is 1.14. The van der Waals surface area contributed by atoms with Crippen molar-refractivity contribution < 1.29 is 0 Å². The Balaban J connectivity index is 1.62. The highest BCUT2D eigenvalue weighted by atomic mass is 32.1. The Morgan fingerprint density at radius 1 is 1.40 bits per heavy atom. The molecule has 0 unspecified atom stereocenters. The number of hydrogen-bond donors (Lipinski definition) is 1. The van der Waals surface area contributed by atoms with E-state index >= 15 is 0 Å². The Morgan fingerprint density at radius 3 is 2.80 bits per heavy atom. The van der Waals surface area contributed by atoms with E-state index in [9.17, 15) is 0 Å². The minimum Gasteiger partial charge on any atom is -0.303 e. The van der Waals surface area contributed by atoms with E-state index in [1.54, 1.807) is 0 Å². The van der Waals surface area contributed by atoms with Gasteiger partial charge in [-0.15, -0.1) is 11.3 Å². The molecule has 4 nitrogen and oxygen atoms in total. The lowest BCUT2D eigenvalue weighted by Gasteiger charge is -2.25. The minimum absolute atomic E-state index is 0.0745. The van der Waals surface area contributed by atoms with Crippen LogP contribution >= 0.6 is 11.3 Å². The van der Waals surface area contributed by atoms with Crippen molar-refractivity contribution in [1.82, 2.24) is 20.1 Å². The molecule has 0 atom stereocenters. The van der Waals surface area contributed by atoms with Crippen molar-refractivity contribution in [3.8, 4) is 0 Å². The standard InChI is InChI=1S/C15H22N4S/c1-15(2,12-7-18-19(3)10-12)17-9-13-8-16-14(20-13)11-5-4-6-11/h7-8,10-11,17H,4-6,9H2,1-3H3. The van der Waals surface area contributed by atoms with Gasteiger partial charge in [-0.3, -0.25) is 4.68 Å². The fourth-order valence-electron chi connectivity index (χ4n) is 2.40. The molecule has 1 fully saturated rings. The van der Waals surface area contributed by atoms with Crippen molar-refractivity contribution in [3.63, 3.8) is 0 Å². The second kappa shape index (κ2) is 5.30. The van der Waals surface area contributed by atoms with Gasteiger partial charge in [0, 0.05) is 47.9 Å². The summed E-state index contributed by atoms with van der Waals surface area (Å²) < 4.78 is 1.85. The van der Waals surface area contributed by atoms with Gasteiger partial charge in [-0.05, 0) is 26.7 Å². The van der Waals surface area contributed by atoms with Crippen LogP contribution in [-0.2, 0) is 19.1 Å². The third-order valence-corrected chi connectivity index (χ3v) is 5.32. The average molecular weight is 290 g/mol. The van der Waals surface area contributed by atoms with Crippen molar-refractivity contribution in [2.45, 2.75) is 51.1 Å². The van der Waals surface area contributed by atoms with E-state index in [2.05, 4.69) is 35.4 Å². The molecular weight excluding hydrogens is 268 g/mol. The van der Waals surface area contributed by atoms with Gasteiger partial charge in [0.25, 0.3) is 0 Å². The molecular formula is C15H22N4S. The predicted molar refractivity (Wildman–Crippen MR) is 81.8 cm³/mol. The lowest BCUT2D eigenvalue weighted by Crippen LogP contribution is -2.35. The van der Waals surface area contributed by atoms with Gasteiger partial charge in [0.1, 0.15) is 0 Å². The van der Waals surface area contributed by atoms with Crippen molar-refractivity contribution in [3.05, 3.63) is 34.0 Å². The predicted octanol–water partition coefficient (Wildman–Crippen LogP) is 3.17. The Morgan fingerprint density at radius 2 is 2.20 bits per heavy atom. The smallest absolute Gasteiger partial charge is 0.0959 e. The number of nitrogens with one attached hydrogen (secondary N) is 1. The Kier molecular flexibility index (Phi) is 3.65. The fourth-order valence-corrected chi connectivity index (χ4v) is 3.43. The molecule has 108 valence electrons. The number of rotatable bonds is 5. The largest absolute Gasteiger partial charge is 0.303 e. The van der Waals surface area contributed by atoms with Crippen LogP contribution in [0.15, 0.2) is 18.6 Å². The van der Waals surface area contributed by atoms with E-state index in [4.69, 9.17) is 0 Å². The molecule has 2 heterocycles. The van der Waals surface area contributed by atoms with Gasteiger partial charge in [-0.25, -0.2) is 4.98 Å². The molecule has 1 N–H and O–H groups in total. The highest BCUT2D eigenvalue weighted by Crippen LogP contribution is 2.38. The minimum atomic E-state index is -0.0745. The number of thiazole rings is 1. The average Bonchev–Trinajstić information content (AvgIpc) is 2.94. The van der Waals surface area contributed by atoms with Gasteiger partial charge >= 0.3 is 0 Å². The summed E-state index contributed by atoms with van der Waals surface area (Å²) in [5, 5.41) is 9.19. The quantitative estimate of drug-likeness (QED) is 0.919. The van der Waals surface area contributed by atoms with Gasteiger partial charge in [-0.2, -0.15) is 5.10 Å². The summed E-state index contributed by atoms with van der Waals surface area (Å²) in [6.45, 7) is 5.25. The highest BCUT2D eigenvalue weighted by molar-refractivity contribution is 7.11. The summed E-state index contributed by atoms with van der Waals surface area (Å²) in [6, 6.07) is 0. The Hall–Kier alpha value is -1.20. The molecule has 1 aliphatic carbocycles. The van der Waals surface area contributed by atoms with E-state index in [0.717, 1.165) is 12.5 Å². The second-order valence-electron chi connectivity index (χ2n) is 6.17.